The molecule has 2 aliphatic rings. The third-order valence-corrected chi connectivity index (χ3v) is 5.19. The average molecular weight is 368 g/mol. The molecule has 0 spiro atoms. The highest BCUT2D eigenvalue weighted by atomic mass is 32.2. The third kappa shape index (κ3) is 2.72. The minimum Gasteiger partial charge on any atom is -0.434 e. The number of allylic oxidation sites excluding steroid dienone is 1. The van der Waals surface area contributed by atoms with Gasteiger partial charge in [-0.25, -0.2) is 4.57 Å². The van der Waals surface area contributed by atoms with Gasteiger partial charge < -0.3 is 9.32 Å². The summed E-state index contributed by atoms with van der Waals surface area (Å²) in [7, 11) is 3.81. The van der Waals surface area contributed by atoms with Gasteiger partial charge in [-0.15, -0.1) is 0 Å². The van der Waals surface area contributed by atoms with Gasteiger partial charge in [-0.1, -0.05) is 6.07 Å². The fourth-order valence-electron chi connectivity index (χ4n) is 2.74. The highest BCUT2D eigenvalue weighted by molar-refractivity contribution is 8.23. The molecule has 0 unspecified atom stereocenters. The molecular weight excluding hydrogens is 350 g/mol. The van der Waals surface area contributed by atoms with E-state index in [1.807, 2.05) is 73.2 Å². The molecule has 2 aromatic heterocycles. The normalized spacial score (nSPS) is 20.0. The summed E-state index contributed by atoms with van der Waals surface area (Å²) >= 11 is 1.29. The predicted molar refractivity (Wildman–Crippen MR) is 101 cm³/mol. The van der Waals surface area contributed by atoms with Gasteiger partial charge in [0, 0.05) is 25.9 Å². The van der Waals surface area contributed by atoms with Crippen LogP contribution in [0.5, 0.6) is 0 Å². The van der Waals surface area contributed by atoms with Crippen LogP contribution < -0.4 is 20.4 Å². The molecule has 0 atom stereocenters. The first-order valence-corrected chi connectivity index (χ1v) is 9.05. The molecule has 7 nitrogen and oxygen atoms in total. The van der Waals surface area contributed by atoms with E-state index in [0.29, 0.717) is 33.4 Å². The van der Waals surface area contributed by atoms with E-state index in [-0.39, 0.29) is 5.91 Å². The molecule has 2 aliphatic heterocycles. The molecule has 0 aromatic carbocycles. The molecule has 26 heavy (non-hydrogen) atoms. The lowest BCUT2D eigenvalue weighted by molar-refractivity contribution is -0.658. The van der Waals surface area contributed by atoms with Gasteiger partial charge in [0.2, 0.25) is 5.55 Å². The number of carbonyl (C=O) groups is 1. The zero-order chi connectivity index (χ0) is 18.3. The van der Waals surface area contributed by atoms with Gasteiger partial charge >= 0.3 is 5.82 Å². The summed E-state index contributed by atoms with van der Waals surface area (Å²) in [5, 5.41) is 0.626. The molecule has 0 saturated carbocycles. The molecule has 1 saturated heterocycles. The number of amides is 1. The maximum atomic E-state index is 12.9. The van der Waals surface area contributed by atoms with Crippen molar-refractivity contribution in [3.05, 3.63) is 47.6 Å². The van der Waals surface area contributed by atoms with E-state index in [1.165, 1.54) is 11.8 Å². The second-order valence-electron chi connectivity index (χ2n) is 5.87. The van der Waals surface area contributed by atoms with Gasteiger partial charge in [-0.3, -0.25) is 9.69 Å². The lowest BCUT2D eigenvalue weighted by Crippen LogP contribution is -2.31. The molecule has 1 amide bonds. The SMILES string of the molecule is CCN1C(=O)C(=c2nc3c(o2)=CC=CN3C)SC1=Nc1cccc[n+]1C. The Morgan fingerprint density at radius 2 is 2.23 bits per heavy atom. The summed E-state index contributed by atoms with van der Waals surface area (Å²) in [5.74, 6) is 1.34. The number of oxazole rings is 1. The fourth-order valence-corrected chi connectivity index (χ4v) is 3.75. The number of anilines is 1. The number of rotatable bonds is 2. The molecule has 1 fully saturated rings. The second kappa shape index (κ2) is 6.45. The average Bonchev–Trinajstić information content (AvgIpc) is 3.19. The van der Waals surface area contributed by atoms with Crippen molar-refractivity contribution < 1.29 is 13.8 Å². The van der Waals surface area contributed by atoms with Crippen molar-refractivity contribution in [3.63, 3.8) is 0 Å². The standard InChI is InChI=1S/C18H18N5O2S/c1-4-23-17(24)14(16-20-15-12(25-16)8-7-11-22(15)3)26-18(23)19-13-9-5-6-10-21(13)2/h5-11H,4H2,1-3H3/q+1. The van der Waals surface area contributed by atoms with Crippen LogP contribution in [0.25, 0.3) is 11.0 Å². The van der Waals surface area contributed by atoms with E-state index in [2.05, 4.69) is 9.98 Å². The number of pyridine rings is 1. The number of thioether (sulfide) groups is 1. The quantitative estimate of drug-likeness (QED) is 0.728. The zero-order valence-corrected chi connectivity index (χ0v) is 15.5. The number of hydrogen-bond donors (Lipinski definition) is 0. The number of fused-ring (bicyclic) bond motifs is 1. The maximum absolute atomic E-state index is 12.9. The van der Waals surface area contributed by atoms with Crippen molar-refractivity contribution >= 4 is 45.5 Å². The van der Waals surface area contributed by atoms with Crippen molar-refractivity contribution in [1.82, 2.24) is 9.88 Å². The number of nitrogens with zero attached hydrogens (tertiary/aromatic N) is 5. The topological polar surface area (TPSA) is 65.8 Å². The highest BCUT2D eigenvalue weighted by Crippen LogP contribution is 2.32. The van der Waals surface area contributed by atoms with Crippen LogP contribution in [-0.2, 0) is 11.8 Å². The lowest BCUT2D eigenvalue weighted by Gasteiger charge is -2.10. The summed E-state index contributed by atoms with van der Waals surface area (Å²) in [6.07, 6.45) is 7.53. The Hall–Kier alpha value is -2.87. The van der Waals surface area contributed by atoms with Gasteiger partial charge in [0.15, 0.2) is 11.2 Å². The Labute approximate surface area is 154 Å². The van der Waals surface area contributed by atoms with Gasteiger partial charge in [-0.2, -0.15) is 4.98 Å². The fraction of sp³-hybridized carbons (Fsp3) is 0.222. The number of hydrogen-bond acceptors (Lipinski definition) is 6. The van der Waals surface area contributed by atoms with E-state index in [1.54, 1.807) is 4.90 Å². The molecular formula is C18H18N5O2S+. The number of aromatic nitrogens is 2. The minimum absolute atomic E-state index is 0.135. The van der Waals surface area contributed by atoms with Crippen LogP contribution in [0.15, 0.2) is 46.1 Å². The first kappa shape index (κ1) is 16.6. The summed E-state index contributed by atoms with van der Waals surface area (Å²) in [5.41, 5.74) is 0.978. The van der Waals surface area contributed by atoms with Crippen LogP contribution >= 0.6 is 11.8 Å². The second-order valence-corrected chi connectivity index (χ2v) is 6.85. The Kier molecular flexibility index (Phi) is 4.12. The van der Waals surface area contributed by atoms with E-state index in [0.717, 1.165) is 5.82 Å². The van der Waals surface area contributed by atoms with Crippen LogP contribution in [0.1, 0.15) is 6.92 Å². The first-order valence-electron chi connectivity index (χ1n) is 8.24. The molecule has 0 N–H and O–H groups in total. The van der Waals surface area contributed by atoms with Crippen LogP contribution in [0.2, 0.25) is 0 Å². The molecule has 2 aromatic rings. The van der Waals surface area contributed by atoms with E-state index in [9.17, 15) is 4.79 Å². The highest BCUT2D eigenvalue weighted by Gasteiger charge is 2.38. The van der Waals surface area contributed by atoms with Crippen molar-refractivity contribution in [1.29, 1.82) is 0 Å². The number of aliphatic imine (C=N–C) groups is 1. The van der Waals surface area contributed by atoms with Crippen LogP contribution in [-0.4, -0.2) is 34.6 Å². The molecule has 4 heterocycles. The molecule has 132 valence electrons. The number of aryl methyl sites for hydroxylation is 1. The molecule has 4 rings (SSSR count). The van der Waals surface area contributed by atoms with Crippen molar-refractivity contribution in [2.45, 2.75) is 6.92 Å². The van der Waals surface area contributed by atoms with Crippen LogP contribution in [0, 0.1) is 0 Å². The van der Waals surface area contributed by atoms with Gasteiger partial charge in [0.25, 0.3) is 11.1 Å². The number of amidine groups is 1. The van der Waals surface area contributed by atoms with Crippen molar-refractivity contribution in [2.75, 3.05) is 18.5 Å². The smallest absolute Gasteiger partial charge is 0.326 e. The summed E-state index contributed by atoms with van der Waals surface area (Å²) in [4.78, 5) is 26.0. The first-order chi connectivity index (χ1) is 12.6. The molecule has 0 aliphatic carbocycles. The van der Waals surface area contributed by atoms with Crippen LogP contribution in [0.4, 0.5) is 11.6 Å². The van der Waals surface area contributed by atoms with E-state index >= 15 is 0 Å². The van der Waals surface area contributed by atoms with E-state index < -0.39 is 0 Å². The Balaban J connectivity index is 1.81. The third-order valence-electron chi connectivity index (χ3n) is 4.14. The van der Waals surface area contributed by atoms with Crippen LogP contribution in [0.3, 0.4) is 0 Å². The van der Waals surface area contributed by atoms with Gasteiger partial charge in [0.05, 0.1) is 13.2 Å². The maximum Gasteiger partial charge on any atom is 0.326 e. The zero-order valence-electron chi connectivity index (χ0n) is 14.7. The lowest BCUT2D eigenvalue weighted by atomic mass is 10.4. The van der Waals surface area contributed by atoms with Crippen molar-refractivity contribution in [3.8, 4) is 0 Å². The summed E-state index contributed by atoms with van der Waals surface area (Å²) < 4.78 is 7.73. The molecule has 0 radical (unpaired) electrons. The Morgan fingerprint density at radius 3 is 2.96 bits per heavy atom. The van der Waals surface area contributed by atoms with Crippen molar-refractivity contribution in [2.24, 2.45) is 12.0 Å². The monoisotopic (exact) mass is 368 g/mol. The Morgan fingerprint density at radius 1 is 1.38 bits per heavy atom. The van der Waals surface area contributed by atoms with Gasteiger partial charge in [0.1, 0.15) is 4.91 Å². The number of carbonyl (C=O) groups excluding carboxylic acids is 1. The minimum atomic E-state index is -0.135. The molecule has 0 bridgehead atoms. The van der Waals surface area contributed by atoms with E-state index in [4.69, 9.17) is 4.42 Å². The molecule has 8 heteroatoms. The predicted octanol–water partition coefficient (Wildman–Crippen LogP) is 0.634. The Bertz CT molecular complexity index is 1070. The largest absolute Gasteiger partial charge is 0.434 e. The van der Waals surface area contributed by atoms with Gasteiger partial charge in [-0.05, 0) is 41.9 Å². The summed E-state index contributed by atoms with van der Waals surface area (Å²) in [6.45, 7) is 2.45. The summed E-state index contributed by atoms with van der Waals surface area (Å²) in [6, 6.07) is 5.76.